The molecule has 3 rings (SSSR count). The van der Waals surface area contributed by atoms with Crippen LogP contribution in [-0.4, -0.2) is 56.4 Å². The van der Waals surface area contributed by atoms with Crippen molar-refractivity contribution in [3.05, 3.63) is 22.8 Å². The maximum absolute atomic E-state index is 12.1. The predicted octanol–water partition coefficient (Wildman–Crippen LogP) is 1.65. The Morgan fingerprint density at radius 3 is 2.76 bits per heavy atom. The molecule has 2 saturated heterocycles. The molecule has 6 nitrogen and oxygen atoms in total. The zero-order valence-electron chi connectivity index (χ0n) is 12.0. The van der Waals surface area contributed by atoms with E-state index in [0.717, 1.165) is 19.0 Å². The van der Waals surface area contributed by atoms with Gasteiger partial charge in [-0.1, -0.05) is 0 Å². The highest BCUT2D eigenvalue weighted by Crippen LogP contribution is 2.32. The maximum atomic E-state index is 12.1. The molecule has 112 valence electrons. The van der Waals surface area contributed by atoms with E-state index in [1.54, 1.807) is 25.1 Å². The van der Waals surface area contributed by atoms with Gasteiger partial charge in [0, 0.05) is 39.3 Å². The number of amidine groups is 1. The Labute approximate surface area is 127 Å². The number of furan rings is 1. The fourth-order valence-corrected chi connectivity index (χ4v) is 3.16. The van der Waals surface area contributed by atoms with Gasteiger partial charge in [0.05, 0.1) is 18.1 Å². The van der Waals surface area contributed by atoms with E-state index in [1.165, 1.54) is 11.8 Å². The molecule has 0 radical (unpaired) electrons. The maximum Gasteiger partial charge on any atom is 0.266 e. The number of rotatable bonds is 2. The molecule has 0 unspecified atom stereocenters. The Morgan fingerprint density at radius 2 is 2.10 bits per heavy atom. The molecule has 0 atom stereocenters. The Balaban J connectivity index is 1.78. The number of carbonyl (C=O) groups excluding carboxylic acids is 1. The van der Waals surface area contributed by atoms with Crippen molar-refractivity contribution < 1.29 is 13.9 Å². The van der Waals surface area contributed by atoms with Gasteiger partial charge in [-0.15, -0.1) is 0 Å². The molecule has 1 amide bonds. The molecule has 7 heteroatoms. The first-order chi connectivity index (χ1) is 10.2. The lowest BCUT2D eigenvalue weighted by Crippen LogP contribution is -2.35. The quantitative estimate of drug-likeness (QED) is 0.778. The van der Waals surface area contributed by atoms with Crippen molar-refractivity contribution in [1.29, 1.82) is 0 Å². The van der Waals surface area contributed by atoms with Crippen LogP contribution in [0.1, 0.15) is 5.76 Å². The van der Waals surface area contributed by atoms with Crippen molar-refractivity contribution in [2.75, 3.05) is 45.3 Å². The summed E-state index contributed by atoms with van der Waals surface area (Å²) in [6, 6.07) is 3.81. The summed E-state index contributed by atoms with van der Waals surface area (Å²) < 4.78 is 11.1. The standard InChI is InChI=1S/C14H17N3O3S/c1-15-14-16(2)13(18)11(21-14)9-10-3-4-12(20-10)17-5-7-19-8-6-17/h3-4,9H,5-8H2,1-2H3/b11-9+,15-14?. The van der Waals surface area contributed by atoms with E-state index in [1.807, 2.05) is 12.1 Å². The number of thioether (sulfide) groups is 1. The van der Waals surface area contributed by atoms with Gasteiger partial charge < -0.3 is 14.1 Å². The minimum absolute atomic E-state index is 0.0510. The van der Waals surface area contributed by atoms with Gasteiger partial charge in [0.1, 0.15) is 5.76 Å². The molecule has 3 heterocycles. The highest BCUT2D eigenvalue weighted by molar-refractivity contribution is 8.18. The molecule has 0 bridgehead atoms. The zero-order chi connectivity index (χ0) is 14.8. The molecular formula is C14H17N3O3S. The Kier molecular flexibility index (Phi) is 4.03. The first-order valence-electron chi connectivity index (χ1n) is 6.76. The molecule has 21 heavy (non-hydrogen) atoms. The fourth-order valence-electron chi connectivity index (χ4n) is 2.25. The summed E-state index contributed by atoms with van der Waals surface area (Å²) in [4.78, 5) is 20.5. The SMILES string of the molecule is CN=C1S/C(=C/c2ccc(N3CCOCC3)o2)C(=O)N1C. The van der Waals surface area contributed by atoms with Crippen LogP contribution in [0.25, 0.3) is 6.08 Å². The molecule has 0 aliphatic carbocycles. The molecular weight excluding hydrogens is 290 g/mol. The average Bonchev–Trinajstić information content (AvgIpc) is 3.09. The topological polar surface area (TPSA) is 58.3 Å². The van der Waals surface area contributed by atoms with Crippen molar-refractivity contribution in [1.82, 2.24) is 4.90 Å². The van der Waals surface area contributed by atoms with Crippen LogP contribution in [0.2, 0.25) is 0 Å². The lowest BCUT2D eigenvalue weighted by atomic mass is 10.3. The van der Waals surface area contributed by atoms with Crippen LogP contribution < -0.4 is 4.90 Å². The van der Waals surface area contributed by atoms with Gasteiger partial charge in [-0.3, -0.25) is 14.7 Å². The number of amides is 1. The number of hydrogen-bond donors (Lipinski definition) is 0. The number of ether oxygens (including phenoxy) is 1. The summed E-state index contributed by atoms with van der Waals surface area (Å²) in [6.07, 6.45) is 1.77. The van der Waals surface area contributed by atoms with Crippen molar-refractivity contribution in [3.63, 3.8) is 0 Å². The van der Waals surface area contributed by atoms with Crippen molar-refractivity contribution in [2.24, 2.45) is 4.99 Å². The lowest BCUT2D eigenvalue weighted by Gasteiger charge is -2.26. The average molecular weight is 307 g/mol. The van der Waals surface area contributed by atoms with Crippen LogP contribution in [0, 0.1) is 0 Å². The second kappa shape index (κ2) is 5.95. The predicted molar refractivity (Wildman–Crippen MR) is 83.4 cm³/mol. The Morgan fingerprint density at radius 1 is 1.33 bits per heavy atom. The van der Waals surface area contributed by atoms with Crippen LogP contribution in [0.5, 0.6) is 0 Å². The molecule has 0 N–H and O–H groups in total. The molecule has 0 spiro atoms. The third kappa shape index (κ3) is 2.84. The normalized spacial score (nSPS) is 23.6. The van der Waals surface area contributed by atoms with Gasteiger partial charge in [-0.2, -0.15) is 0 Å². The van der Waals surface area contributed by atoms with E-state index in [0.29, 0.717) is 29.0 Å². The molecule has 1 aromatic heterocycles. The van der Waals surface area contributed by atoms with Crippen molar-refractivity contribution >= 4 is 34.8 Å². The number of morpholine rings is 1. The van der Waals surface area contributed by atoms with Gasteiger partial charge in [0.2, 0.25) is 0 Å². The monoisotopic (exact) mass is 307 g/mol. The number of nitrogens with zero attached hydrogens (tertiary/aromatic N) is 3. The van der Waals surface area contributed by atoms with E-state index < -0.39 is 0 Å². The molecule has 2 aliphatic heterocycles. The third-order valence-corrected chi connectivity index (χ3v) is 4.55. The third-order valence-electron chi connectivity index (χ3n) is 3.40. The number of hydrogen-bond acceptors (Lipinski definition) is 6. The van der Waals surface area contributed by atoms with E-state index in [9.17, 15) is 4.79 Å². The molecule has 1 aromatic rings. The fraction of sp³-hybridized carbons (Fsp3) is 0.429. The number of anilines is 1. The van der Waals surface area contributed by atoms with E-state index in [2.05, 4.69) is 9.89 Å². The molecule has 0 aromatic carbocycles. The van der Waals surface area contributed by atoms with Crippen molar-refractivity contribution in [3.8, 4) is 0 Å². The minimum Gasteiger partial charge on any atom is -0.441 e. The van der Waals surface area contributed by atoms with Gasteiger partial charge in [0.15, 0.2) is 11.1 Å². The highest BCUT2D eigenvalue weighted by atomic mass is 32.2. The summed E-state index contributed by atoms with van der Waals surface area (Å²) in [5, 5.41) is 0.700. The summed E-state index contributed by atoms with van der Waals surface area (Å²) in [5.41, 5.74) is 0. The molecule has 2 fully saturated rings. The largest absolute Gasteiger partial charge is 0.441 e. The Hall–Kier alpha value is -1.73. The van der Waals surface area contributed by atoms with Crippen LogP contribution >= 0.6 is 11.8 Å². The van der Waals surface area contributed by atoms with Gasteiger partial charge in [-0.25, -0.2) is 0 Å². The van der Waals surface area contributed by atoms with Crippen LogP contribution in [-0.2, 0) is 9.53 Å². The van der Waals surface area contributed by atoms with Crippen LogP contribution in [0.4, 0.5) is 5.88 Å². The summed E-state index contributed by atoms with van der Waals surface area (Å²) in [6.45, 7) is 3.08. The number of likely N-dealkylation sites (N-methyl/N-ethyl adjacent to an activating group) is 1. The first-order valence-corrected chi connectivity index (χ1v) is 7.57. The molecule has 0 saturated carbocycles. The van der Waals surface area contributed by atoms with Crippen LogP contribution in [0.15, 0.2) is 26.4 Å². The van der Waals surface area contributed by atoms with Gasteiger partial charge >= 0.3 is 0 Å². The van der Waals surface area contributed by atoms with Crippen molar-refractivity contribution in [2.45, 2.75) is 0 Å². The highest BCUT2D eigenvalue weighted by Gasteiger charge is 2.30. The van der Waals surface area contributed by atoms with E-state index >= 15 is 0 Å². The van der Waals surface area contributed by atoms with E-state index in [-0.39, 0.29) is 5.91 Å². The zero-order valence-corrected chi connectivity index (χ0v) is 12.9. The van der Waals surface area contributed by atoms with Crippen LogP contribution in [0.3, 0.4) is 0 Å². The Bertz CT molecular complexity index is 602. The summed E-state index contributed by atoms with van der Waals surface area (Å²) >= 11 is 1.36. The lowest BCUT2D eigenvalue weighted by molar-refractivity contribution is -0.121. The summed E-state index contributed by atoms with van der Waals surface area (Å²) in [5.74, 6) is 1.45. The second-order valence-corrected chi connectivity index (χ2v) is 5.77. The smallest absolute Gasteiger partial charge is 0.266 e. The van der Waals surface area contributed by atoms with Gasteiger partial charge in [-0.05, 0) is 17.8 Å². The first kappa shape index (κ1) is 14.2. The minimum atomic E-state index is -0.0510. The number of aliphatic imine (C=N–C) groups is 1. The van der Waals surface area contributed by atoms with E-state index in [4.69, 9.17) is 9.15 Å². The second-order valence-electron chi connectivity index (χ2n) is 4.76. The molecule has 2 aliphatic rings. The summed E-state index contributed by atoms with van der Waals surface area (Å²) in [7, 11) is 3.40. The number of carbonyl (C=O) groups is 1. The van der Waals surface area contributed by atoms with Gasteiger partial charge in [0.25, 0.3) is 5.91 Å².